The normalized spacial score (nSPS) is 12.3. The van der Waals surface area contributed by atoms with Crippen LogP contribution in [0.4, 0.5) is 5.69 Å². The second-order valence-electron chi connectivity index (χ2n) is 8.28. The van der Waals surface area contributed by atoms with Crippen molar-refractivity contribution in [1.29, 1.82) is 0 Å². The summed E-state index contributed by atoms with van der Waals surface area (Å²) in [5.41, 5.74) is 5.23. The number of benzene rings is 3. The molecule has 3 aromatic rings. The summed E-state index contributed by atoms with van der Waals surface area (Å²) in [6, 6.07) is 17.2. The van der Waals surface area contributed by atoms with Gasteiger partial charge < -0.3 is 10.1 Å². The van der Waals surface area contributed by atoms with E-state index >= 15 is 0 Å². The molecule has 0 aliphatic carbocycles. The van der Waals surface area contributed by atoms with Crippen molar-refractivity contribution in [3.63, 3.8) is 0 Å². The lowest BCUT2D eigenvalue weighted by Gasteiger charge is -2.21. The van der Waals surface area contributed by atoms with Crippen molar-refractivity contribution < 1.29 is 17.9 Å². The van der Waals surface area contributed by atoms with E-state index in [0.717, 1.165) is 27.8 Å². The van der Waals surface area contributed by atoms with Crippen molar-refractivity contribution >= 4 is 21.6 Å². The smallest absolute Gasteiger partial charge is 0.245 e. The lowest BCUT2D eigenvalue weighted by atomic mass is 10.0. The summed E-state index contributed by atoms with van der Waals surface area (Å²) in [5.74, 6) is -0.207. The van der Waals surface area contributed by atoms with Gasteiger partial charge in [0.05, 0.1) is 7.11 Å². The second kappa shape index (κ2) is 10.2. The van der Waals surface area contributed by atoms with Gasteiger partial charge in [0.25, 0.3) is 0 Å². The Kier molecular flexibility index (Phi) is 7.56. The van der Waals surface area contributed by atoms with Gasteiger partial charge in [-0.15, -0.1) is 0 Å². The van der Waals surface area contributed by atoms with Crippen LogP contribution in [0.3, 0.4) is 0 Å². The minimum Gasteiger partial charge on any atom is -0.495 e. The number of sulfonamides is 1. The number of rotatable bonds is 8. The molecule has 0 bridgehead atoms. The number of hydrogen-bond donors (Lipinski definition) is 2. The highest BCUT2D eigenvalue weighted by atomic mass is 32.2. The zero-order valence-electron chi connectivity index (χ0n) is 19.6. The maximum Gasteiger partial charge on any atom is 0.245 e. The monoisotopic (exact) mass is 466 g/mol. The fourth-order valence-electron chi connectivity index (χ4n) is 3.87. The van der Waals surface area contributed by atoms with Crippen molar-refractivity contribution in [2.75, 3.05) is 12.4 Å². The Morgan fingerprint density at radius 3 is 2.15 bits per heavy atom. The first-order valence-electron chi connectivity index (χ1n) is 10.7. The summed E-state index contributed by atoms with van der Waals surface area (Å²) in [4.78, 5) is 13.4. The fraction of sp³-hybridized carbons (Fsp3) is 0.269. The molecule has 0 aromatic heterocycles. The van der Waals surface area contributed by atoms with Gasteiger partial charge in [0.15, 0.2) is 0 Å². The molecule has 0 heterocycles. The van der Waals surface area contributed by atoms with Gasteiger partial charge >= 0.3 is 0 Å². The van der Waals surface area contributed by atoms with Crippen LogP contribution in [0.1, 0.15) is 27.8 Å². The maximum absolute atomic E-state index is 13.4. The summed E-state index contributed by atoms with van der Waals surface area (Å²) in [5, 5.41) is 2.94. The van der Waals surface area contributed by atoms with Crippen LogP contribution >= 0.6 is 0 Å². The molecule has 1 amide bonds. The molecule has 0 aliphatic rings. The number of aryl methyl sites for hydroxylation is 4. The van der Waals surface area contributed by atoms with Gasteiger partial charge in [-0.25, -0.2) is 8.42 Å². The minimum absolute atomic E-state index is 0.00133. The van der Waals surface area contributed by atoms with Gasteiger partial charge in [-0.05, 0) is 68.5 Å². The Balaban J connectivity index is 1.96. The molecule has 0 saturated carbocycles. The molecule has 33 heavy (non-hydrogen) atoms. The molecule has 0 spiro atoms. The molecule has 3 aromatic carbocycles. The molecule has 6 nitrogen and oxygen atoms in total. The van der Waals surface area contributed by atoms with E-state index in [1.807, 2.05) is 63.2 Å². The Morgan fingerprint density at radius 2 is 1.55 bits per heavy atom. The van der Waals surface area contributed by atoms with Crippen molar-refractivity contribution in [2.24, 2.45) is 0 Å². The van der Waals surface area contributed by atoms with Gasteiger partial charge in [0.2, 0.25) is 15.9 Å². The van der Waals surface area contributed by atoms with Crippen LogP contribution in [0.15, 0.2) is 65.6 Å². The Morgan fingerprint density at radius 1 is 0.909 bits per heavy atom. The first kappa shape index (κ1) is 24.5. The summed E-state index contributed by atoms with van der Waals surface area (Å²) in [7, 11) is -2.63. The third kappa shape index (κ3) is 6.00. The molecule has 3 rings (SSSR count). The van der Waals surface area contributed by atoms with Crippen molar-refractivity contribution in [3.8, 4) is 5.75 Å². The molecule has 174 valence electrons. The summed E-state index contributed by atoms with van der Waals surface area (Å²) >= 11 is 0. The zero-order chi connectivity index (χ0) is 24.2. The molecule has 1 atom stereocenters. The number of carbonyl (C=O) groups is 1. The van der Waals surface area contributed by atoms with Crippen LogP contribution in [0.5, 0.6) is 5.75 Å². The fourth-order valence-corrected chi connectivity index (χ4v) is 5.32. The standard InChI is InChI=1S/C26H30N2O4S/c1-17-11-12-23(32-5)24(15-17)33(30,31)28-22(16-21-9-7-6-8-10-21)26(29)27-25-19(3)13-18(2)14-20(25)4/h6-15,22,28H,16H2,1-5H3,(H,27,29)/t22-/m1/s1. The van der Waals surface area contributed by atoms with Crippen LogP contribution in [-0.4, -0.2) is 27.5 Å². The summed E-state index contributed by atoms with van der Waals surface area (Å²) in [6.07, 6.45) is 0.198. The first-order valence-corrected chi connectivity index (χ1v) is 12.2. The molecule has 0 unspecified atom stereocenters. The topological polar surface area (TPSA) is 84.5 Å². The first-order chi connectivity index (χ1) is 15.6. The van der Waals surface area contributed by atoms with Gasteiger partial charge in [-0.3, -0.25) is 4.79 Å². The number of nitrogens with one attached hydrogen (secondary N) is 2. The van der Waals surface area contributed by atoms with E-state index in [-0.39, 0.29) is 17.1 Å². The zero-order valence-corrected chi connectivity index (χ0v) is 20.4. The van der Waals surface area contributed by atoms with E-state index in [2.05, 4.69) is 10.0 Å². The van der Waals surface area contributed by atoms with Crippen LogP contribution in [0, 0.1) is 27.7 Å². The third-order valence-corrected chi connectivity index (χ3v) is 6.92. The largest absolute Gasteiger partial charge is 0.495 e. The van der Waals surface area contributed by atoms with E-state index in [1.54, 1.807) is 19.1 Å². The lowest BCUT2D eigenvalue weighted by molar-refractivity contribution is -0.117. The number of methoxy groups -OCH3 is 1. The number of carbonyl (C=O) groups excluding carboxylic acids is 1. The lowest BCUT2D eigenvalue weighted by Crippen LogP contribution is -2.45. The van der Waals surface area contributed by atoms with E-state index < -0.39 is 22.0 Å². The Hall–Kier alpha value is -3.16. The predicted molar refractivity (Wildman–Crippen MR) is 131 cm³/mol. The average Bonchev–Trinajstić information content (AvgIpc) is 2.76. The minimum atomic E-state index is -4.04. The quantitative estimate of drug-likeness (QED) is 0.513. The van der Waals surface area contributed by atoms with Crippen molar-refractivity contribution in [3.05, 3.63) is 88.5 Å². The highest BCUT2D eigenvalue weighted by Crippen LogP contribution is 2.26. The number of anilines is 1. The molecular formula is C26H30N2O4S. The predicted octanol–water partition coefficient (Wildman–Crippen LogP) is 4.46. The van der Waals surface area contributed by atoms with Crippen molar-refractivity contribution in [1.82, 2.24) is 4.72 Å². The number of hydrogen-bond acceptors (Lipinski definition) is 4. The summed E-state index contributed by atoms with van der Waals surface area (Å²) in [6.45, 7) is 7.63. The number of amides is 1. The highest BCUT2D eigenvalue weighted by molar-refractivity contribution is 7.89. The van der Waals surface area contributed by atoms with E-state index in [4.69, 9.17) is 4.74 Å². The average molecular weight is 467 g/mol. The van der Waals surface area contributed by atoms with Crippen LogP contribution in [0.25, 0.3) is 0 Å². The van der Waals surface area contributed by atoms with Crippen LogP contribution in [0.2, 0.25) is 0 Å². The van der Waals surface area contributed by atoms with Gasteiger partial charge in [-0.2, -0.15) is 4.72 Å². The molecule has 0 saturated heterocycles. The molecule has 0 aliphatic heterocycles. The van der Waals surface area contributed by atoms with Crippen molar-refractivity contribution in [2.45, 2.75) is 45.1 Å². The van der Waals surface area contributed by atoms with E-state index in [0.29, 0.717) is 5.69 Å². The molecule has 7 heteroatoms. The molecule has 0 fully saturated rings. The molecule has 2 N–H and O–H groups in total. The van der Waals surface area contributed by atoms with E-state index in [1.165, 1.54) is 13.2 Å². The van der Waals surface area contributed by atoms with Gasteiger partial charge in [0, 0.05) is 5.69 Å². The molecular weight excluding hydrogens is 436 g/mol. The van der Waals surface area contributed by atoms with Crippen LogP contribution < -0.4 is 14.8 Å². The second-order valence-corrected chi connectivity index (χ2v) is 9.96. The summed E-state index contributed by atoms with van der Waals surface area (Å²) < 4.78 is 34.5. The third-order valence-electron chi connectivity index (χ3n) is 5.43. The Labute approximate surface area is 196 Å². The van der Waals surface area contributed by atoms with Gasteiger partial charge in [0.1, 0.15) is 16.7 Å². The highest BCUT2D eigenvalue weighted by Gasteiger charge is 2.29. The maximum atomic E-state index is 13.4. The SMILES string of the molecule is COc1ccc(C)cc1S(=O)(=O)N[C@H](Cc1ccccc1)C(=O)Nc1c(C)cc(C)cc1C. The van der Waals surface area contributed by atoms with Gasteiger partial charge in [-0.1, -0.05) is 54.1 Å². The Bertz CT molecular complexity index is 1230. The molecule has 0 radical (unpaired) electrons. The van der Waals surface area contributed by atoms with E-state index in [9.17, 15) is 13.2 Å². The number of ether oxygens (including phenoxy) is 1. The van der Waals surface area contributed by atoms with Crippen LogP contribution in [-0.2, 0) is 21.2 Å².